The van der Waals surface area contributed by atoms with Crippen LogP contribution in [0.2, 0.25) is 0 Å². The fraction of sp³-hybridized carbons (Fsp3) is 0.412. The van der Waals surface area contributed by atoms with Crippen LogP contribution < -0.4 is 11.0 Å². The van der Waals surface area contributed by atoms with Gasteiger partial charge in [-0.3, -0.25) is 19.2 Å². The number of nitrogens with one attached hydrogen (secondary N) is 1. The van der Waals surface area contributed by atoms with Gasteiger partial charge in [-0.1, -0.05) is 18.2 Å². The zero-order valence-electron chi connectivity index (χ0n) is 20.0. The summed E-state index contributed by atoms with van der Waals surface area (Å²) in [6.45, 7) is 0.519. The van der Waals surface area contributed by atoms with Crippen molar-refractivity contribution in [2.24, 2.45) is 0 Å². The lowest BCUT2D eigenvalue weighted by Gasteiger charge is -2.19. The molecule has 20 nitrogen and oxygen atoms in total. The molecular weight excluding hydrogens is 609 g/mol. The average molecular weight is 632 g/mol. The third-order valence-electron chi connectivity index (χ3n) is 5.22. The highest BCUT2D eigenvalue weighted by Crippen LogP contribution is 2.66. The molecule has 7 N–H and O–H groups in total. The highest BCUT2D eigenvalue weighted by Gasteiger charge is 2.46. The summed E-state index contributed by atoms with van der Waals surface area (Å²) in [4.78, 5) is 62.9. The number of hydrogen-bond donors (Lipinski definition) is 7. The van der Waals surface area contributed by atoms with Crippen molar-refractivity contribution in [1.82, 2.24) is 9.55 Å². The maximum atomic E-state index is 12.6. The number of nitro groups is 1. The molecule has 0 saturated carbocycles. The van der Waals surface area contributed by atoms with Gasteiger partial charge in [0, 0.05) is 12.3 Å². The largest absolute Gasteiger partial charge is 0.490 e. The molecule has 2 heterocycles. The van der Waals surface area contributed by atoms with E-state index < -0.39 is 71.3 Å². The SMILES string of the molecule is C[C@@H](Nc1ccn([C@@H]2O[C@H](COP(=O)(O)OP(=O)(O)OP(=O)(O)O)C(O)[C@@H]2O)c(=O)n1)c1ccccc1[N+](=O)[O-]. The molecule has 0 bridgehead atoms. The standard InChI is InChI=1S/C17H23N4O16P3/c1-9(10-4-2-3-5-11(10)21(25)26)18-13-6-7-20(17(24)19-13)16-15(23)14(22)12(35-16)8-34-39(30,31)37-40(32,33)36-38(27,28)29/h2-7,9,12,14-16,22-23H,8H2,1H3,(H,30,31)(H,32,33)(H,18,19,24)(H2,27,28,29)/t9-,12-,14?,15+,16-/m1/s1. The Kier molecular flexibility index (Phi) is 9.81. The van der Waals surface area contributed by atoms with Gasteiger partial charge in [0.25, 0.3) is 5.69 Å². The summed E-state index contributed by atoms with van der Waals surface area (Å²) < 4.78 is 51.6. The second-order valence-corrected chi connectivity index (χ2v) is 12.5. The van der Waals surface area contributed by atoms with E-state index in [9.17, 15) is 48.6 Å². The Morgan fingerprint density at radius 1 is 1.10 bits per heavy atom. The van der Waals surface area contributed by atoms with E-state index in [-0.39, 0.29) is 11.5 Å². The number of rotatable bonds is 12. The van der Waals surface area contributed by atoms with Crippen LogP contribution in [0.3, 0.4) is 0 Å². The summed E-state index contributed by atoms with van der Waals surface area (Å²) in [7, 11) is -16.9. The van der Waals surface area contributed by atoms with Gasteiger partial charge in [-0.25, -0.2) is 18.5 Å². The number of nitro benzene ring substituents is 1. The number of hydrogen-bond acceptors (Lipinski definition) is 14. The molecule has 7 atom stereocenters. The molecule has 1 saturated heterocycles. The number of ether oxygens (including phenoxy) is 1. The van der Waals surface area contributed by atoms with E-state index in [0.717, 1.165) is 10.8 Å². The third kappa shape index (κ3) is 8.31. The van der Waals surface area contributed by atoms with Crippen molar-refractivity contribution in [3.63, 3.8) is 0 Å². The first-order chi connectivity index (χ1) is 18.4. The molecule has 222 valence electrons. The van der Waals surface area contributed by atoms with E-state index >= 15 is 0 Å². The van der Waals surface area contributed by atoms with Gasteiger partial charge in [0.2, 0.25) is 0 Å². The highest BCUT2D eigenvalue weighted by molar-refractivity contribution is 7.66. The second kappa shape index (κ2) is 12.2. The molecule has 0 radical (unpaired) electrons. The van der Waals surface area contributed by atoms with Gasteiger partial charge in [0.1, 0.15) is 24.1 Å². The van der Waals surface area contributed by atoms with Gasteiger partial charge in [-0.05, 0) is 13.0 Å². The molecule has 1 aromatic heterocycles. The number of para-hydroxylation sites is 1. The van der Waals surface area contributed by atoms with Crippen molar-refractivity contribution < 1.29 is 66.3 Å². The predicted octanol–water partition coefficient (Wildman–Crippen LogP) is 0.287. The van der Waals surface area contributed by atoms with Gasteiger partial charge in [0.05, 0.1) is 23.1 Å². The van der Waals surface area contributed by atoms with Crippen LogP contribution in [-0.4, -0.2) is 69.2 Å². The summed E-state index contributed by atoms with van der Waals surface area (Å²) >= 11 is 0. The van der Waals surface area contributed by atoms with E-state index in [1.54, 1.807) is 13.0 Å². The number of nitrogens with zero attached hydrogens (tertiary/aromatic N) is 3. The van der Waals surface area contributed by atoms with Crippen LogP contribution in [0.1, 0.15) is 24.8 Å². The lowest BCUT2D eigenvalue weighted by molar-refractivity contribution is -0.385. The highest BCUT2D eigenvalue weighted by atomic mass is 31.3. The predicted molar refractivity (Wildman–Crippen MR) is 129 cm³/mol. The minimum atomic E-state index is -5.78. The maximum Gasteiger partial charge on any atom is 0.490 e. The van der Waals surface area contributed by atoms with E-state index in [1.165, 1.54) is 24.3 Å². The van der Waals surface area contributed by atoms with Crippen LogP contribution in [0.4, 0.5) is 11.5 Å². The Balaban J connectivity index is 1.68. The molecule has 0 aliphatic carbocycles. The number of phosphoric ester groups is 1. The molecule has 23 heteroatoms. The van der Waals surface area contributed by atoms with E-state index in [0.29, 0.717) is 5.56 Å². The number of aliphatic hydroxyl groups is 2. The van der Waals surface area contributed by atoms with E-state index in [4.69, 9.17) is 14.5 Å². The first-order valence-electron chi connectivity index (χ1n) is 10.8. The van der Waals surface area contributed by atoms with Crippen molar-refractivity contribution in [3.8, 4) is 0 Å². The van der Waals surface area contributed by atoms with Crippen molar-refractivity contribution in [1.29, 1.82) is 0 Å². The Morgan fingerprint density at radius 3 is 2.35 bits per heavy atom. The van der Waals surface area contributed by atoms with Crippen molar-refractivity contribution in [2.75, 3.05) is 11.9 Å². The van der Waals surface area contributed by atoms with Crippen LogP contribution >= 0.6 is 23.5 Å². The summed E-state index contributed by atoms with van der Waals surface area (Å²) in [5.74, 6) is 0.00384. The van der Waals surface area contributed by atoms with E-state index in [2.05, 4.69) is 23.4 Å². The number of phosphoric acid groups is 3. The molecule has 0 spiro atoms. The smallest absolute Gasteiger partial charge is 0.387 e. The van der Waals surface area contributed by atoms with Crippen LogP contribution in [0.5, 0.6) is 0 Å². The molecular formula is C17H23N4O16P3. The van der Waals surface area contributed by atoms with Crippen LogP contribution in [0.15, 0.2) is 41.3 Å². The molecule has 2 aromatic rings. The summed E-state index contributed by atoms with van der Waals surface area (Å²) in [6, 6.07) is 6.53. The zero-order chi connectivity index (χ0) is 30.0. The van der Waals surface area contributed by atoms with Gasteiger partial charge in [0.15, 0.2) is 6.23 Å². The Labute approximate surface area is 223 Å². The summed E-state index contributed by atoms with van der Waals surface area (Å²) in [6.07, 6.45) is -5.73. The summed E-state index contributed by atoms with van der Waals surface area (Å²) in [5, 5.41) is 34.7. The lowest BCUT2D eigenvalue weighted by atomic mass is 10.1. The normalized spacial score (nSPS) is 25.1. The topological polar surface area (TPSA) is 300 Å². The monoisotopic (exact) mass is 632 g/mol. The lowest BCUT2D eigenvalue weighted by Crippen LogP contribution is -2.36. The molecule has 1 fully saturated rings. The van der Waals surface area contributed by atoms with Gasteiger partial charge in [-0.2, -0.15) is 13.6 Å². The van der Waals surface area contributed by atoms with Gasteiger partial charge in [-0.15, -0.1) is 0 Å². The average Bonchev–Trinajstić information content (AvgIpc) is 3.09. The van der Waals surface area contributed by atoms with Crippen LogP contribution in [-0.2, 0) is 31.6 Å². The van der Waals surface area contributed by atoms with Crippen molar-refractivity contribution in [3.05, 3.63) is 62.7 Å². The molecule has 3 rings (SSSR count). The number of aliphatic hydroxyl groups excluding tert-OH is 2. The van der Waals surface area contributed by atoms with Crippen molar-refractivity contribution >= 4 is 35.0 Å². The molecule has 1 aliphatic rings. The number of aromatic nitrogens is 2. The molecule has 1 aromatic carbocycles. The summed E-state index contributed by atoms with van der Waals surface area (Å²) in [5.41, 5.74) is -0.839. The van der Waals surface area contributed by atoms with Gasteiger partial charge < -0.3 is 39.8 Å². The zero-order valence-corrected chi connectivity index (χ0v) is 22.7. The first kappa shape index (κ1) is 32.1. The van der Waals surface area contributed by atoms with Crippen LogP contribution in [0, 0.1) is 10.1 Å². The van der Waals surface area contributed by atoms with E-state index in [1.807, 2.05) is 0 Å². The molecule has 0 amide bonds. The number of benzene rings is 1. The first-order valence-corrected chi connectivity index (χ1v) is 15.3. The molecule has 40 heavy (non-hydrogen) atoms. The third-order valence-corrected chi connectivity index (χ3v) is 9.03. The fourth-order valence-electron chi connectivity index (χ4n) is 3.57. The minimum absolute atomic E-state index is 0.00384. The Morgan fingerprint density at radius 2 is 1.75 bits per heavy atom. The van der Waals surface area contributed by atoms with Crippen LogP contribution in [0.25, 0.3) is 0 Å². The van der Waals surface area contributed by atoms with Gasteiger partial charge >= 0.3 is 29.2 Å². The quantitative estimate of drug-likeness (QED) is 0.0939. The fourth-order valence-corrected chi connectivity index (χ4v) is 6.60. The molecule has 1 aliphatic heterocycles. The number of anilines is 1. The maximum absolute atomic E-state index is 12.6. The molecule has 3 unspecified atom stereocenters. The second-order valence-electron chi connectivity index (χ2n) is 8.12. The minimum Gasteiger partial charge on any atom is -0.387 e. The Hall–Kier alpha value is -2.41. The van der Waals surface area contributed by atoms with Crippen molar-refractivity contribution in [2.45, 2.75) is 37.5 Å². The Bertz CT molecular complexity index is 1450.